The van der Waals surface area contributed by atoms with Gasteiger partial charge in [-0.2, -0.15) is 0 Å². The van der Waals surface area contributed by atoms with Crippen LogP contribution in [0.3, 0.4) is 0 Å². The number of halogens is 2. The van der Waals surface area contributed by atoms with Crippen molar-refractivity contribution in [1.82, 2.24) is 5.32 Å². The maximum atomic E-state index is 12.2. The van der Waals surface area contributed by atoms with Gasteiger partial charge in [-0.05, 0) is 17.7 Å². The molecule has 2 N–H and O–H groups in total. The molecule has 0 aliphatic rings. The third-order valence-electron chi connectivity index (χ3n) is 2.85. The van der Waals surface area contributed by atoms with E-state index in [0.29, 0.717) is 5.56 Å². The first kappa shape index (κ1) is 15.4. The van der Waals surface area contributed by atoms with E-state index in [0.717, 1.165) is 0 Å². The molecule has 0 aromatic heterocycles. The molecule has 0 spiro atoms. The second kappa shape index (κ2) is 6.61. The highest BCUT2D eigenvalue weighted by Crippen LogP contribution is 2.26. The van der Waals surface area contributed by atoms with Crippen molar-refractivity contribution in [1.29, 1.82) is 0 Å². The van der Waals surface area contributed by atoms with Crippen molar-refractivity contribution in [2.75, 3.05) is 0 Å². The summed E-state index contributed by atoms with van der Waals surface area (Å²) in [6.07, 6.45) is 0. The normalized spacial score (nSPS) is 11.7. The first-order chi connectivity index (χ1) is 10.0. The molecule has 2 aromatic rings. The quantitative estimate of drug-likeness (QED) is 0.904. The second-order valence-electron chi connectivity index (χ2n) is 4.26. The summed E-state index contributed by atoms with van der Waals surface area (Å²) in [5, 5.41) is 12.0. The van der Waals surface area contributed by atoms with E-state index >= 15 is 0 Å². The third-order valence-corrected chi connectivity index (χ3v) is 3.67. The Kier molecular flexibility index (Phi) is 4.83. The van der Waals surface area contributed by atoms with Gasteiger partial charge >= 0.3 is 5.97 Å². The van der Waals surface area contributed by atoms with Crippen LogP contribution in [-0.4, -0.2) is 17.0 Å². The van der Waals surface area contributed by atoms with Crippen LogP contribution in [0.15, 0.2) is 48.5 Å². The number of hydrogen-bond acceptors (Lipinski definition) is 2. The zero-order valence-electron chi connectivity index (χ0n) is 10.7. The minimum absolute atomic E-state index is 0.0915. The summed E-state index contributed by atoms with van der Waals surface area (Å²) in [6.45, 7) is 0. The van der Waals surface area contributed by atoms with Gasteiger partial charge in [-0.3, -0.25) is 4.79 Å². The van der Waals surface area contributed by atoms with E-state index < -0.39 is 17.9 Å². The highest BCUT2D eigenvalue weighted by atomic mass is 35.5. The standard InChI is InChI=1S/C15H11Cl2NO3/c16-11-8-4-7-10(12(11)17)14(19)18-13(15(20)21)9-5-2-1-3-6-9/h1-8,13H,(H,18,19)(H,20,21). The summed E-state index contributed by atoms with van der Waals surface area (Å²) in [5.41, 5.74) is 0.600. The Morgan fingerprint density at radius 3 is 2.29 bits per heavy atom. The lowest BCUT2D eigenvalue weighted by Crippen LogP contribution is -2.33. The number of rotatable bonds is 4. The lowest BCUT2D eigenvalue weighted by atomic mass is 10.1. The van der Waals surface area contributed by atoms with Crippen LogP contribution in [0.25, 0.3) is 0 Å². The van der Waals surface area contributed by atoms with E-state index in [1.54, 1.807) is 42.5 Å². The van der Waals surface area contributed by atoms with Gasteiger partial charge in [0.15, 0.2) is 6.04 Å². The molecule has 0 bridgehead atoms. The molecule has 0 saturated carbocycles. The number of benzene rings is 2. The Morgan fingerprint density at radius 1 is 1.00 bits per heavy atom. The SMILES string of the molecule is O=C(NC(C(=O)O)c1ccccc1)c1cccc(Cl)c1Cl. The van der Waals surface area contributed by atoms with E-state index in [-0.39, 0.29) is 15.6 Å². The first-order valence-electron chi connectivity index (χ1n) is 6.03. The molecule has 0 saturated heterocycles. The molecule has 1 unspecified atom stereocenters. The van der Waals surface area contributed by atoms with Gasteiger partial charge in [-0.25, -0.2) is 4.79 Å². The van der Waals surface area contributed by atoms with E-state index in [1.807, 2.05) is 0 Å². The molecule has 0 aliphatic heterocycles. The third kappa shape index (κ3) is 3.54. The molecule has 0 fully saturated rings. The molecule has 0 aliphatic carbocycles. The number of nitrogens with one attached hydrogen (secondary N) is 1. The fourth-order valence-electron chi connectivity index (χ4n) is 1.82. The number of hydrogen-bond donors (Lipinski definition) is 2. The van der Waals surface area contributed by atoms with Crippen LogP contribution in [0.1, 0.15) is 22.0 Å². The van der Waals surface area contributed by atoms with Gasteiger partial charge in [-0.15, -0.1) is 0 Å². The molecule has 108 valence electrons. The van der Waals surface area contributed by atoms with E-state index in [1.165, 1.54) is 6.07 Å². The highest BCUT2D eigenvalue weighted by molar-refractivity contribution is 6.43. The largest absolute Gasteiger partial charge is 0.479 e. The zero-order chi connectivity index (χ0) is 15.4. The Hall–Kier alpha value is -2.04. The summed E-state index contributed by atoms with van der Waals surface area (Å²) >= 11 is 11.8. The van der Waals surface area contributed by atoms with Crippen LogP contribution in [0.5, 0.6) is 0 Å². The van der Waals surface area contributed by atoms with Crippen molar-refractivity contribution < 1.29 is 14.7 Å². The van der Waals surface area contributed by atoms with E-state index in [2.05, 4.69) is 5.32 Å². The predicted molar refractivity (Wildman–Crippen MR) is 80.7 cm³/mol. The fourth-order valence-corrected chi connectivity index (χ4v) is 2.21. The van der Waals surface area contributed by atoms with Crippen LogP contribution < -0.4 is 5.32 Å². The summed E-state index contributed by atoms with van der Waals surface area (Å²) in [7, 11) is 0. The molecule has 0 radical (unpaired) electrons. The molecule has 1 amide bonds. The Balaban J connectivity index is 2.28. The second-order valence-corrected chi connectivity index (χ2v) is 5.04. The van der Waals surface area contributed by atoms with Gasteiger partial charge in [0.05, 0.1) is 15.6 Å². The molecule has 21 heavy (non-hydrogen) atoms. The monoisotopic (exact) mass is 323 g/mol. The molecular weight excluding hydrogens is 313 g/mol. The van der Waals surface area contributed by atoms with Gasteiger partial charge in [0, 0.05) is 0 Å². The Labute approximate surface area is 131 Å². The fraction of sp³-hybridized carbons (Fsp3) is 0.0667. The lowest BCUT2D eigenvalue weighted by molar-refractivity contribution is -0.139. The van der Waals surface area contributed by atoms with Gasteiger partial charge < -0.3 is 10.4 Å². The lowest BCUT2D eigenvalue weighted by Gasteiger charge is -2.15. The Bertz CT molecular complexity index is 674. The topological polar surface area (TPSA) is 66.4 Å². The zero-order valence-corrected chi connectivity index (χ0v) is 12.2. The van der Waals surface area contributed by atoms with Crippen molar-refractivity contribution in [3.05, 3.63) is 69.7 Å². The van der Waals surface area contributed by atoms with Crippen molar-refractivity contribution in [2.45, 2.75) is 6.04 Å². The highest BCUT2D eigenvalue weighted by Gasteiger charge is 2.23. The first-order valence-corrected chi connectivity index (χ1v) is 6.79. The van der Waals surface area contributed by atoms with Gasteiger partial charge in [0.2, 0.25) is 0 Å². The van der Waals surface area contributed by atoms with Crippen LogP contribution in [-0.2, 0) is 4.79 Å². The van der Waals surface area contributed by atoms with Crippen LogP contribution >= 0.6 is 23.2 Å². The number of aliphatic carboxylic acids is 1. The van der Waals surface area contributed by atoms with Crippen LogP contribution in [0.4, 0.5) is 0 Å². The van der Waals surface area contributed by atoms with Crippen molar-refractivity contribution >= 4 is 35.1 Å². The Morgan fingerprint density at radius 2 is 1.67 bits per heavy atom. The maximum absolute atomic E-state index is 12.2. The molecule has 0 heterocycles. The predicted octanol–water partition coefficient (Wildman–Crippen LogP) is 3.55. The number of carboxylic acids is 1. The minimum atomic E-state index is -1.16. The molecule has 2 rings (SSSR count). The molecule has 6 heteroatoms. The molecule has 4 nitrogen and oxygen atoms in total. The summed E-state index contributed by atoms with van der Waals surface area (Å²) in [4.78, 5) is 23.5. The van der Waals surface area contributed by atoms with E-state index in [9.17, 15) is 14.7 Å². The molecular formula is C15H11Cl2NO3. The average molecular weight is 324 g/mol. The summed E-state index contributed by atoms with van der Waals surface area (Å²) < 4.78 is 0. The number of amides is 1. The number of carbonyl (C=O) groups excluding carboxylic acids is 1. The van der Waals surface area contributed by atoms with Crippen LogP contribution in [0.2, 0.25) is 10.0 Å². The number of carboxylic acid groups (broad SMARTS) is 1. The van der Waals surface area contributed by atoms with Crippen molar-refractivity contribution in [3.8, 4) is 0 Å². The van der Waals surface area contributed by atoms with E-state index in [4.69, 9.17) is 23.2 Å². The average Bonchev–Trinajstić information content (AvgIpc) is 2.48. The smallest absolute Gasteiger partial charge is 0.330 e. The van der Waals surface area contributed by atoms with Crippen molar-refractivity contribution in [3.63, 3.8) is 0 Å². The van der Waals surface area contributed by atoms with Gasteiger partial charge in [-0.1, -0.05) is 59.6 Å². The van der Waals surface area contributed by atoms with Gasteiger partial charge in [0.25, 0.3) is 5.91 Å². The summed E-state index contributed by atoms with van der Waals surface area (Å²) in [5.74, 6) is -1.76. The number of carbonyl (C=O) groups is 2. The maximum Gasteiger partial charge on any atom is 0.330 e. The summed E-state index contributed by atoms with van der Waals surface area (Å²) in [6, 6.07) is 11.8. The van der Waals surface area contributed by atoms with Crippen LogP contribution in [0, 0.1) is 0 Å². The van der Waals surface area contributed by atoms with Crippen molar-refractivity contribution in [2.24, 2.45) is 0 Å². The minimum Gasteiger partial charge on any atom is -0.479 e. The molecule has 1 atom stereocenters. The molecule has 2 aromatic carbocycles. The van der Waals surface area contributed by atoms with Gasteiger partial charge in [0.1, 0.15) is 0 Å².